The van der Waals surface area contributed by atoms with Crippen molar-refractivity contribution in [2.45, 2.75) is 25.4 Å². The van der Waals surface area contributed by atoms with Gasteiger partial charge >= 0.3 is 0 Å². The largest absolute Gasteiger partial charge is 0.497 e. The standard InChI is InChI=1S/C14H16N4O4/c1-21-11-5-9(6-12(7-11)22-2)14-15-13-4-3-10(18(19)20)8-17(13)16-14/h5-7,10H,3-4,8H2,1-2H3. The van der Waals surface area contributed by atoms with Crippen LogP contribution in [0.25, 0.3) is 11.4 Å². The molecule has 0 N–H and O–H groups in total. The number of benzene rings is 1. The monoisotopic (exact) mass is 304 g/mol. The smallest absolute Gasteiger partial charge is 0.232 e. The number of nitrogens with zero attached hydrogens (tertiary/aromatic N) is 4. The first-order valence-corrected chi connectivity index (χ1v) is 6.91. The van der Waals surface area contributed by atoms with Crippen LogP contribution in [0, 0.1) is 10.1 Å². The Morgan fingerprint density at radius 2 is 1.95 bits per heavy atom. The predicted octanol–water partition coefficient (Wildman–Crippen LogP) is 1.55. The summed E-state index contributed by atoms with van der Waals surface area (Å²) in [5.41, 5.74) is 0.760. The molecule has 0 radical (unpaired) electrons. The van der Waals surface area contributed by atoms with E-state index in [0.29, 0.717) is 30.2 Å². The summed E-state index contributed by atoms with van der Waals surface area (Å²) >= 11 is 0. The lowest BCUT2D eigenvalue weighted by Gasteiger charge is -2.15. The summed E-state index contributed by atoms with van der Waals surface area (Å²) in [6, 6.07) is 4.80. The third kappa shape index (κ3) is 2.59. The quantitative estimate of drug-likeness (QED) is 0.628. The summed E-state index contributed by atoms with van der Waals surface area (Å²) in [6.07, 6.45) is 1.05. The fourth-order valence-electron chi connectivity index (χ4n) is 2.52. The Balaban J connectivity index is 1.96. The second-order valence-electron chi connectivity index (χ2n) is 5.11. The van der Waals surface area contributed by atoms with Gasteiger partial charge in [-0.1, -0.05) is 0 Å². The molecule has 1 atom stereocenters. The van der Waals surface area contributed by atoms with Crippen molar-refractivity contribution >= 4 is 0 Å². The van der Waals surface area contributed by atoms with Gasteiger partial charge in [-0.25, -0.2) is 9.67 Å². The van der Waals surface area contributed by atoms with Crippen molar-refractivity contribution in [1.29, 1.82) is 0 Å². The van der Waals surface area contributed by atoms with Gasteiger partial charge in [-0.3, -0.25) is 10.1 Å². The zero-order chi connectivity index (χ0) is 15.7. The number of rotatable bonds is 4. The Morgan fingerprint density at radius 1 is 1.27 bits per heavy atom. The Bertz CT molecular complexity index is 691. The highest BCUT2D eigenvalue weighted by atomic mass is 16.6. The van der Waals surface area contributed by atoms with Gasteiger partial charge in [0.15, 0.2) is 5.82 Å². The molecule has 1 aliphatic rings. The topological polar surface area (TPSA) is 92.3 Å². The summed E-state index contributed by atoms with van der Waals surface area (Å²) in [5.74, 6) is 2.58. The van der Waals surface area contributed by atoms with E-state index in [9.17, 15) is 10.1 Å². The SMILES string of the molecule is COc1cc(OC)cc(-c2nc3n(n2)CC([N+](=O)[O-])CC3)c1. The van der Waals surface area contributed by atoms with Gasteiger partial charge in [-0.15, -0.1) is 0 Å². The first kappa shape index (κ1) is 14.3. The minimum absolute atomic E-state index is 0.251. The average Bonchev–Trinajstić information content (AvgIpc) is 2.97. The van der Waals surface area contributed by atoms with Crippen LogP contribution in [0.3, 0.4) is 0 Å². The molecule has 0 amide bonds. The van der Waals surface area contributed by atoms with Gasteiger partial charge in [0.2, 0.25) is 6.04 Å². The zero-order valence-electron chi connectivity index (χ0n) is 12.4. The molecule has 22 heavy (non-hydrogen) atoms. The third-order valence-corrected chi connectivity index (χ3v) is 3.74. The van der Waals surface area contributed by atoms with Gasteiger partial charge in [-0.05, 0) is 12.1 Å². The maximum Gasteiger partial charge on any atom is 0.232 e. The molecule has 0 saturated carbocycles. The molecule has 2 heterocycles. The molecule has 0 aliphatic carbocycles. The number of nitro groups is 1. The Hall–Kier alpha value is -2.64. The number of hydrogen-bond acceptors (Lipinski definition) is 6. The van der Waals surface area contributed by atoms with E-state index in [0.717, 1.165) is 11.4 Å². The van der Waals surface area contributed by atoms with E-state index < -0.39 is 6.04 Å². The second-order valence-corrected chi connectivity index (χ2v) is 5.11. The van der Waals surface area contributed by atoms with Crippen LogP contribution in [-0.4, -0.2) is 39.9 Å². The summed E-state index contributed by atoms with van der Waals surface area (Å²) in [7, 11) is 3.15. The van der Waals surface area contributed by atoms with Crippen LogP contribution >= 0.6 is 0 Å². The van der Waals surface area contributed by atoms with E-state index in [4.69, 9.17) is 9.47 Å². The highest BCUT2D eigenvalue weighted by Crippen LogP contribution is 2.29. The highest BCUT2D eigenvalue weighted by Gasteiger charge is 2.29. The predicted molar refractivity (Wildman–Crippen MR) is 77.7 cm³/mol. The van der Waals surface area contributed by atoms with E-state index in [2.05, 4.69) is 10.1 Å². The second kappa shape index (κ2) is 5.63. The Labute approximate surface area is 126 Å². The summed E-state index contributed by atoms with van der Waals surface area (Å²) in [5, 5.41) is 15.3. The first-order chi connectivity index (χ1) is 10.6. The molecule has 1 unspecified atom stereocenters. The third-order valence-electron chi connectivity index (χ3n) is 3.74. The number of fused-ring (bicyclic) bond motifs is 1. The molecule has 0 fully saturated rings. The first-order valence-electron chi connectivity index (χ1n) is 6.91. The lowest BCUT2D eigenvalue weighted by molar-refractivity contribution is -0.527. The average molecular weight is 304 g/mol. The van der Waals surface area contributed by atoms with Crippen LogP contribution in [0.2, 0.25) is 0 Å². The Morgan fingerprint density at radius 3 is 2.55 bits per heavy atom. The van der Waals surface area contributed by atoms with Gasteiger partial charge in [0.1, 0.15) is 23.9 Å². The zero-order valence-corrected chi connectivity index (χ0v) is 12.4. The molecule has 0 spiro atoms. The molecule has 8 heteroatoms. The summed E-state index contributed by atoms with van der Waals surface area (Å²) in [4.78, 5) is 15.2. The molecular weight excluding hydrogens is 288 g/mol. The molecule has 116 valence electrons. The van der Waals surface area contributed by atoms with Crippen molar-refractivity contribution in [3.63, 3.8) is 0 Å². The molecule has 0 bridgehead atoms. The number of aryl methyl sites for hydroxylation is 1. The molecule has 0 saturated heterocycles. The van der Waals surface area contributed by atoms with Crippen LogP contribution in [0.5, 0.6) is 11.5 Å². The molecule has 1 aliphatic heterocycles. The van der Waals surface area contributed by atoms with Crippen molar-refractivity contribution in [3.05, 3.63) is 34.1 Å². The van der Waals surface area contributed by atoms with Crippen LogP contribution in [0.1, 0.15) is 12.2 Å². The summed E-state index contributed by atoms with van der Waals surface area (Å²) in [6.45, 7) is 0.260. The molecule has 3 rings (SSSR count). The van der Waals surface area contributed by atoms with E-state index >= 15 is 0 Å². The van der Waals surface area contributed by atoms with Crippen molar-refractivity contribution in [2.24, 2.45) is 0 Å². The van der Waals surface area contributed by atoms with Gasteiger partial charge in [-0.2, -0.15) is 5.10 Å². The van der Waals surface area contributed by atoms with E-state index in [-0.39, 0.29) is 11.5 Å². The Kier molecular flexibility index (Phi) is 3.66. The number of hydrogen-bond donors (Lipinski definition) is 0. The molecule has 2 aromatic rings. The van der Waals surface area contributed by atoms with Gasteiger partial charge in [0.25, 0.3) is 0 Å². The van der Waals surface area contributed by atoms with Crippen LogP contribution in [0.15, 0.2) is 18.2 Å². The van der Waals surface area contributed by atoms with Crippen LogP contribution in [0.4, 0.5) is 0 Å². The molecular formula is C14H16N4O4. The molecule has 8 nitrogen and oxygen atoms in total. The maximum atomic E-state index is 10.9. The van der Waals surface area contributed by atoms with E-state index in [1.165, 1.54) is 0 Å². The lowest BCUT2D eigenvalue weighted by atomic mass is 10.1. The number of ether oxygens (including phenoxy) is 2. The fraction of sp³-hybridized carbons (Fsp3) is 0.429. The number of methoxy groups -OCH3 is 2. The fourth-order valence-corrected chi connectivity index (χ4v) is 2.52. The minimum Gasteiger partial charge on any atom is -0.497 e. The van der Waals surface area contributed by atoms with E-state index in [1.807, 2.05) is 12.1 Å². The van der Waals surface area contributed by atoms with Crippen molar-refractivity contribution in [1.82, 2.24) is 14.8 Å². The van der Waals surface area contributed by atoms with Gasteiger partial charge in [0.05, 0.1) is 14.2 Å². The van der Waals surface area contributed by atoms with Crippen LogP contribution in [-0.2, 0) is 13.0 Å². The normalized spacial score (nSPS) is 16.9. The lowest BCUT2D eigenvalue weighted by Crippen LogP contribution is -2.31. The van der Waals surface area contributed by atoms with Crippen molar-refractivity contribution in [3.8, 4) is 22.9 Å². The van der Waals surface area contributed by atoms with Gasteiger partial charge in [0, 0.05) is 29.4 Å². The van der Waals surface area contributed by atoms with Gasteiger partial charge < -0.3 is 9.47 Å². The highest BCUT2D eigenvalue weighted by molar-refractivity contribution is 5.60. The molecule has 1 aromatic carbocycles. The molecule has 1 aromatic heterocycles. The maximum absolute atomic E-state index is 10.9. The minimum atomic E-state index is -0.595. The number of aromatic nitrogens is 3. The summed E-state index contributed by atoms with van der Waals surface area (Å²) < 4.78 is 12.1. The van der Waals surface area contributed by atoms with Crippen molar-refractivity contribution in [2.75, 3.05) is 14.2 Å². The van der Waals surface area contributed by atoms with Crippen molar-refractivity contribution < 1.29 is 14.4 Å². The van der Waals surface area contributed by atoms with Crippen LogP contribution < -0.4 is 9.47 Å². The van der Waals surface area contributed by atoms with E-state index in [1.54, 1.807) is 25.0 Å².